The molecule has 35 heavy (non-hydrogen) atoms. The molecule has 2 atom stereocenters. The number of allylic oxidation sites excluding steroid dienone is 1. The second-order valence-electron chi connectivity index (χ2n) is 8.74. The van der Waals surface area contributed by atoms with Gasteiger partial charge in [-0.15, -0.1) is 0 Å². The van der Waals surface area contributed by atoms with Crippen LogP contribution < -0.4 is 20.1 Å². The molecule has 2 N–H and O–H groups in total. The van der Waals surface area contributed by atoms with Gasteiger partial charge in [-0.3, -0.25) is 14.9 Å². The molecule has 0 fully saturated rings. The first-order valence-corrected chi connectivity index (χ1v) is 11.6. The van der Waals surface area contributed by atoms with Crippen molar-refractivity contribution in [3.05, 3.63) is 98.2 Å². The molecule has 0 saturated heterocycles. The van der Waals surface area contributed by atoms with Crippen molar-refractivity contribution in [3.63, 3.8) is 0 Å². The molecular formula is C26H20ClN3O5. The Hall–Kier alpha value is -4.04. The Morgan fingerprint density at radius 1 is 0.971 bits per heavy atom. The van der Waals surface area contributed by atoms with Crippen molar-refractivity contribution in [2.75, 3.05) is 17.4 Å². The summed E-state index contributed by atoms with van der Waals surface area (Å²) in [5.74, 6) is 0.626. The maximum atomic E-state index is 13.7. The van der Waals surface area contributed by atoms with Crippen LogP contribution in [0, 0.1) is 10.1 Å². The summed E-state index contributed by atoms with van der Waals surface area (Å²) in [7, 11) is 0. The van der Waals surface area contributed by atoms with Gasteiger partial charge in [-0.05, 0) is 48.2 Å². The number of nitro groups is 1. The third-order valence-corrected chi connectivity index (χ3v) is 6.93. The lowest BCUT2D eigenvalue weighted by molar-refractivity contribution is -0.385. The molecule has 0 radical (unpaired) electrons. The number of nitrogens with one attached hydrogen (secondary N) is 2. The highest BCUT2D eigenvalue weighted by Crippen LogP contribution is 2.48. The lowest BCUT2D eigenvalue weighted by Gasteiger charge is -2.29. The van der Waals surface area contributed by atoms with E-state index in [9.17, 15) is 14.9 Å². The van der Waals surface area contributed by atoms with Crippen molar-refractivity contribution in [3.8, 4) is 11.5 Å². The van der Waals surface area contributed by atoms with Gasteiger partial charge in [0.1, 0.15) is 0 Å². The van der Waals surface area contributed by atoms with Crippen LogP contribution in [0.3, 0.4) is 0 Å². The summed E-state index contributed by atoms with van der Waals surface area (Å²) in [6.45, 7) is -0.00588. The minimum Gasteiger partial charge on any atom is -0.454 e. The number of halogens is 1. The highest BCUT2D eigenvalue weighted by molar-refractivity contribution is 6.30. The van der Waals surface area contributed by atoms with Crippen molar-refractivity contribution in [1.82, 2.24) is 0 Å². The van der Waals surface area contributed by atoms with E-state index in [0.29, 0.717) is 34.1 Å². The number of ether oxygens (including phenoxy) is 2. The summed E-state index contributed by atoms with van der Waals surface area (Å²) in [5, 5.41) is 19.5. The van der Waals surface area contributed by atoms with Gasteiger partial charge in [-0.25, -0.2) is 0 Å². The van der Waals surface area contributed by atoms with Crippen LogP contribution in [0.15, 0.2) is 71.9 Å². The summed E-state index contributed by atoms with van der Waals surface area (Å²) in [6.07, 6.45) is 0.864. The third-order valence-electron chi connectivity index (χ3n) is 6.68. The third kappa shape index (κ3) is 3.76. The first-order chi connectivity index (χ1) is 17.0. The highest BCUT2D eigenvalue weighted by Gasteiger charge is 2.39. The van der Waals surface area contributed by atoms with E-state index in [1.165, 1.54) is 6.07 Å². The topological polar surface area (TPSA) is 103 Å². The molecule has 0 spiro atoms. The molecule has 6 rings (SSSR count). The molecule has 3 aromatic carbocycles. The quantitative estimate of drug-likeness (QED) is 0.346. The van der Waals surface area contributed by atoms with Crippen molar-refractivity contribution in [1.29, 1.82) is 0 Å². The SMILES string of the molecule is O=C1C[C@@H](c2ccc(Cl)cc2)CC2=C1[C@H](c1cc3c(cc1[N+](=O)[O-])OCO3)Nc1ccccc1N2. The maximum absolute atomic E-state index is 13.7. The van der Waals surface area contributed by atoms with Gasteiger partial charge in [0.05, 0.1) is 34.0 Å². The molecule has 2 aliphatic heterocycles. The molecule has 176 valence electrons. The molecule has 2 heterocycles. The number of Topliss-reactive ketones (excluding diaryl/α,β-unsaturated/α-hetero) is 1. The fourth-order valence-electron chi connectivity index (χ4n) is 5.03. The Kier molecular flexibility index (Phi) is 5.11. The molecule has 0 amide bonds. The van der Waals surface area contributed by atoms with E-state index in [-0.39, 0.29) is 30.6 Å². The molecule has 0 saturated carbocycles. The van der Waals surface area contributed by atoms with Gasteiger partial charge in [0.2, 0.25) is 6.79 Å². The first kappa shape index (κ1) is 21.5. The van der Waals surface area contributed by atoms with E-state index in [2.05, 4.69) is 10.6 Å². The van der Waals surface area contributed by atoms with Crippen molar-refractivity contribution >= 4 is 34.4 Å². The highest BCUT2D eigenvalue weighted by atomic mass is 35.5. The minimum absolute atomic E-state index is 0.00588. The zero-order chi connectivity index (χ0) is 24.1. The number of nitro benzene ring substituents is 1. The fraction of sp³-hybridized carbons (Fsp3) is 0.192. The Bertz CT molecular complexity index is 1400. The molecule has 0 bridgehead atoms. The van der Waals surface area contributed by atoms with Crippen LogP contribution in [-0.2, 0) is 4.79 Å². The monoisotopic (exact) mass is 489 g/mol. The number of hydrogen-bond acceptors (Lipinski definition) is 7. The number of carbonyl (C=O) groups is 1. The number of hydrogen-bond donors (Lipinski definition) is 2. The van der Waals surface area contributed by atoms with Gasteiger partial charge >= 0.3 is 0 Å². The largest absolute Gasteiger partial charge is 0.454 e. The molecule has 9 heteroatoms. The zero-order valence-corrected chi connectivity index (χ0v) is 19.2. The van der Waals surface area contributed by atoms with Crippen molar-refractivity contribution < 1.29 is 19.2 Å². The van der Waals surface area contributed by atoms with Gasteiger partial charge in [0, 0.05) is 22.7 Å². The van der Waals surface area contributed by atoms with Crippen LogP contribution >= 0.6 is 11.6 Å². The van der Waals surface area contributed by atoms with E-state index in [0.717, 1.165) is 22.6 Å². The lowest BCUT2D eigenvalue weighted by Crippen LogP contribution is -2.27. The number of fused-ring (bicyclic) bond motifs is 2. The van der Waals surface area contributed by atoms with E-state index < -0.39 is 11.0 Å². The molecule has 3 aromatic rings. The predicted octanol–water partition coefficient (Wildman–Crippen LogP) is 5.96. The van der Waals surface area contributed by atoms with E-state index in [4.69, 9.17) is 21.1 Å². The number of carbonyl (C=O) groups excluding carboxylic acids is 1. The molecular weight excluding hydrogens is 470 g/mol. The predicted molar refractivity (Wildman–Crippen MR) is 131 cm³/mol. The summed E-state index contributed by atoms with van der Waals surface area (Å²) < 4.78 is 10.9. The van der Waals surface area contributed by atoms with Crippen LogP contribution in [0.4, 0.5) is 17.1 Å². The fourth-order valence-corrected chi connectivity index (χ4v) is 5.16. The van der Waals surface area contributed by atoms with Gasteiger partial charge < -0.3 is 20.1 Å². The number of rotatable bonds is 3. The summed E-state index contributed by atoms with van der Waals surface area (Å²) in [6, 6.07) is 17.3. The number of para-hydroxylation sites is 2. The average molecular weight is 490 g/mol. The van der Waals surface area contributed by atoms with Crippen LogP contribution in [-0.4, -0.2) is 17.5 Å². The van der Waals surface area contributed by atoms with Gasteiger partial charge in [0.15, 0.2) is 17.3 Å². The van der Waals surface area contributed by atoms with E-state index >= 15 is 0 Å². The Morgan fingerprint density at radius 2 is 1.69 bits per heavy atom. The number of ketones is 1. The normalized spacial score (nSPS) is 20.3. The molecule has 0 unspecified atom stereocenters. The Morgan fingerprint density at radius 3 is 2.43 bits per heavy atom. The van der Waals surface area contributed by atoms with E-state index in [1.807, 2.05) is 48.5 Å². The van der Waals surface area contributed by atoms with Gasteiger partial charge in [0.25, 0.3) is 5.69 Å². The van der Waals surface area contributed by atoms with Crippen molar-refractivity contribution in [2.45, 2.75) is 24.8 Å². The lowest BCUT2D eigenvalue weighted by atomic mass is 9.78. The zero-order valence-electron chi connectivity index (χ0n) is 18.4. The van der Waals surface area contributed by atoms with Crippen LogP contribution in [0.2, 0.25) is 5.02 Å². The maximum Gasteiger partial charge on any atom is 0.279 e. The van der Waals surface area contributed by atoms with Crippen molar-refractivity contribution in [2.24, 2.45) is 0 Å². The Labute approximate surface area is 205 Å². The Balaban J connectivity index is 1.51. The molecule has 1 aliphatic carbocycles. The molecule has 8 nitrogen and oxygen atoms in total. The molecule has 0 aromatic heterocycles. The average Bonchev–Trinajstić information content (AvgIpc) is 3.24. The molecule has 3 aliphatic rings. The first-order valence-electron chi connectivity index (χ1n) is 11.2. The number of anilines is 2. The second-order valence-corrected chi connectivity index (χ2v) is 9.18. The summed E-state index contributed by atoms with van der Waals surface area (Å²) in [4.78, 5) is 25.3. The van der Waals surface area contributed by atoms with Gasteiger partial charge in [-0.1, -0.05) is 35.9 Å². The smallest absolute Gasteiger partial charge is 0.279 e. The summed E-state index contributed by atoms with van der Waals surface area (Å²) in [5.41, 5.74) is 4.02. The minimum atomic E-state index is -0.741. The number of nitrogens with zero attached hydrogens (tertiary/aromatic N) is 1. The number of benzene rings is 3. The van der Waals surface area contributed by atoms with E-state index in [1.54, 1.807) is 6.07 Å². The van der Waals surface area contributed by atoms with Gasteiger partial charge in [-0.2, -0.15) is 0 Å². The van der Waals surface area contributed by atoms with Crippen LogP contribution in [0.25, 0.3) is 0 Å². The second kappa shape index (κ2) is 8.32. The van der Waals surface area contributed by atoms with Crippen LogP contribution in [0.5, 0.6) is 11.5 Å². The van der Waals surface area contributed by atoms with Crippen LogP contribution in [0.1, 0.15) is 35.9 Å². The standard InChI is InChI=1S/C26H20ClN3O5/c27-16-7-5-14(6-8-16)15-9-20-25(22(31)10-15)26(29-19-4-2-1-3-18(19)28-20)17-11-23-24(35-13-34-23)12-21(17)30(32)33/h1-8,11-12,15,26,28-29H,9-10,13H2/t15-,26-/m0/s1. The summed E-state index contributed by atoms with van der Waals surface area (Å²) >= 11 is 6.06.